The number of aromatic amines is 1. The highest BCUT2D eigenvalue weighted by Crippen LogP contribution is 2.24. The van der Waals surface area contributed by atoms with Gasteiger partial charge in [-0.1, -0.05) is 0 Å². The van der Waals surface area contributed by atoms with Gasteiger partial charge in [0.1, 0.15) is 0 Å². The van der Waals surface area contributed by atoms with Crippen LogP contribution in [0.15, 0.2) is 12.4 Å². The third kappa shape index (κ3) is 3.51. The van der Waals surface area contributed by atoms with Crippen molar-refractivity contribution in [2.24, 2.45) is 0 Å². The molecule has 130 valence electrons. The van der Waals surface area contributed by atoms with Crippen LogP contribution >= 0.6 is 0 Å². The SMILES string of the molecule is CCOC(=O)c1cnn([C@@H]2CCCN(Cc3c(C)n[nH]c3C)C2)c1. The summed E-state index contributed by atoms with van der Waals surface area (Å²) < 4.78 is 6.94. The minimum atomic E-state index is -0.305. The highest BCUT2D eigenvalue weighted by molar-refractivity contribution is 5.88. The van der Waals surface area contributed by atoms with E-state index in [1.54, 1.807) is 19.3 Å². The van der Waals surface area contributed by atoms with Gasteiger partial charge in [0.05, 0.1) is 30.1 Å². The molecule has 3 heterocycles. The van der Waals surface area contributed by atoms with Crippen LogP contribution in [-0.4, -0.2) is 50.5 Å². The first-order valence-corrected chi connectivity index (χ1v) is 8.52. The fourth-order valence-corrected chi connectivity index (χ4v) is 3.28. The van der Waals surface area contributed by atoms with E-state index >= 15 is 0 Å². The highest BCUT2D eigenvalue weighted by Gasteiger charge is 2.24. The lowest BCUT2D eigenvalue weighted by Gasteiger charge is -2.32. The Morgan fingerprint density at radius 2 is 2.29 bits per heavy atom. The van der Waals surface area contributed by atoms with Crippen molar-refractivity contribution in [1.82, 2.24) is 24.9 Å². The lowest BCUT2D eigenvalue weighted by molar-refractivity contribution is 0.0526. The Morgan fingerprint density at radius 1 is 1.46 bits per heavy atom. The van der Waals surface area contributed by atoms with Crippen molar-refractivity contribution in [2.45, 2.75) is 46.2 Å². The van der Waals surface area contributed by atoms with E-state index in [0.717, 1.165) is 43.9 Å². The Morgan fingerprint density at radius 3 is 3.00 bits per heavy atom. The van der Waals surface area contributed by atoms with Crippen LogP contribution in [0.5, 0.6) is 0 Å². The largest absolute Gasteiger partial charge is 0.462 e. The van der Waals surface area contributed by atoms with Gasteiger partial charge >= 0.3 is 5.97 Å². The van der Waals surface area contributed by atoms with Crippen LogP contribution in [0.4, 0.5) is 0 Å². The van der Waals surface area contributed by atoms with E-state index in [1.165, 1.54) is 5.56 Å². The number of likely N-dealkylation sites (tertiary alicyclic amines) is 1. The fourth-order valence-electron chi connectivity index (χ4n) is 3.28. The second-order valence-corrected chi connectivity index (χ2v) is 6.37. The Labute approximate surface area is 142 Å². The topological polar surface area (TPSA) is 76.0 Å². The highest BCUT2D eigenvalue weighted by atomic mass is 16.5. The van der Waals surface area contributed by atoms with Crippen molar-refractivity contribution >= 4 is 5.97 Å². The zero-order valence-electron chi connectivity index (χ0n) is 14.6. The number of nitrogens with one attached hydrogen (secondary N) is 1. The van der Waals surface area contributed by atoms with E-state index < -0.39 is 0 Å². The fraction of sp³-hybridized carbons (Fsp3) is 0.588. The lowest BCUT2D eigenvalue weighted by Crippen LogP contribution is -2.36. The molecule has 2 aromatic rings. The Balaban J connectivity index is 1.66. The number of hydrogen-bond donors (Lipinski definition) is 1. The summed E-state index contributed by atoms with van der Waals surface area (Å²) >= 11 is 0. The van der Waals surface area contributed by atoms with Gasteiger partial charge in [0, 0.05) is 30.5 Å². The molecule has 0 aliphatic carbocycles. The van der Waals surface area contributed by atoms with Crippen LogP contribution in [0.2, 0.25) is 0 Å². The number of ether oxygens (including phenoxy) is 1. The Bertz CT molecular complexity index is 686. The number of aromatic nitrogens is 4. The van der Waals surface area contributed by atoms with E-state index in [-0.39, 0.29) is 12.0 Å². The molecule has 1 atom stereocenters. The predicted octanol–water partition coefficient (Wildman–Crippen LogP) is 2.24. The molecule has 1 aliphatic heterocycles. The summed E-state index contributed by atoms with van der Waals surface area (Å²) in [6.07, 6.45) is 5.60. The first-order chi connectivity index (χ1) is 11.6. The number of H-pyrrole nitrogens is 1. The van der Waals surface area contributed by atoms with Crippen LogP contribution in [-0.2, 0) is 11.3 Å². The number of hydrogen-bond acceptors (Lipinski definition) is 5. The third-order valence-corrected chi connectivity index (χ3v) is 4.63. The number of rotatable bonds is 5. The van der Waals surface area contributed by atoms with Gasteiger partial charge in [0.15, 0.2) is 0 Å². The Hall–Kier alpha value is -2.15. The number of carbonyl (C=O) groups is 1. The molecule has 0 amide bonds. The smallest absolute Gasteiger partial charge is 0.341 e. The van der Waals surface area contributed by atoms with Crippen LogP contribution in [0.3, 0.4) is 0 Å². The molecule has 7 nitrogen and oxygen atoms in total. The molecule has 1 aliphatic rings. The second-order valence-electron chi connectivity index (χ2n) is 6.37. The minimum absolute atomic E-state index is 0.287. The molecule has 1 saturated heterocycles. The summed E-state index contributed by atoms with van der Waals surface area (Å²) in [5.74, 6) is -0.305. The molecule has 1 N–H and O–H groups in total. The van der Waals surface area contributed by atoms with Crippen molar-refractivity contribution in [3.63, 3.8) is 0 Å². The summed E-state index contributed by atoms with van der Waals surface area (Å²) in [7, 11) is 0. The summed E-state index contributed by atoms with van der Waals surface area (Å²) in [6, 6.07) is 0.287. The van der Waals surface area contributed by atoms with Crippen LogP contribution < -0.4 is 0 Å². The van der Waals surface area contributed by atoms with Gasteiger partial charge in [-0.25, -0.2) is 4.79 Å². The molecular weight excluding hydrogens is 306 g/mol. The molecule has 0 saturated carbocycles. The maximum absolute atomic E-state index is 11.8. The first-order valence-electron chi connectivity index (χ1n) is 8.52. The van der Waals surface area contributed by atoms with Crippen molar-refractivity contribution in [1.29, 1.82) is 0 Å². The third-order valence-electron chi connectivity index (χ3n) is 4.63. The van der Waals surface area contributed by atoms with Crippen LogP contribution in [0, 0.1) is 13.8 Å². The molecule has 0 radical (unpaired) electrons. The van der Waals surface area contributed by atoms with Gasteiger partial charge in [0.2, 0.25) is 0 Å². The van der Waals surface area contributed by atoms with Gasteiger partial charge in [-0.15, -0.1) is 0 Å². The molecule has 0 bridgehead atoms. The van der Waals surface area contributed by atoms with Gasteiger partial charge in [0.25, 0.3) is 0 Å². The van der Waals surface area contributed by atoms with E-state index in [0.29, 0.717) is 12.2 Å². The summed E-state index contributed by atoms with van der Waals surface area (Å²) in [5, 5.41) is 11.7. The van der Waals surface area contributed by atoms with E-state index in [1.807, 2.05) is 11.6 Å². The van der Waals surface area contributed by atoms with E-state index in [2.05, 4.69) is 27.1 Å². The minimum Gasteiger partial charge on any atom is -0.462 e. The number of esters is 1. The number of carbonyl (C=O) groups excluding carboxylic acids is 1. The molecule has 2 aromatic heterocycles. The normalized spacial score (nSPS) is 18.7. The second kappa shape index (κ2) is 7.17. The summed E-state index contributed by atoms with van der Waals surface area (Å²) in [5.41, 5.74) is 4.01. The average molecular weight is 331 g/mol. The molecule has 0 aromatic carbocycles. The van der Waals surface area contributed by atoms with Gasteiger partial charge in [-0.3, -0.25) is 14.7 Å². The molecule has 1 fully saturated rings. The van der Waals surface area contributed by atoms with Crippen LogP contribution in [0.25, 0.3) is 0 Å². The van der Waals surface area contributed by atoms with Crippen molar-refractivity contribution in [3.8, 4) is 0 Å². The zero-order valence-corrected chi connectivity index (χ0v) is 14.6. The van der Waals surface area contributed by atoms with Crippen molar-refractivity contribution in [3.05, 3.63) is 34.9 Å². The number of piperidine rings is 1. The maximum Gasteiger partial charge on any atom is 0.341 e. The monoisotopic (exact) mass is 331 g/mol. The predicted molar refractivity (Wildman–Crippen MR) is 89.8 cm³/mol. The van der Waals surface area contributed by atoms with Crippen molar-refractivity contribution in [2.75, 3.05) is 19.7 Å². The summed E-state index contributed by atoms with van der Waals surface area (Å²) in [6.45, 7) is 9.19. The molecule has 24 heavy (non-hydrogen) atoms. The average Bonchev–Trinajstić information content (AvgIpc) is 3.18. The standard InChI is InChI=1S/C17H25N5O2/c1-4-24-17(23)14-8-18-22(9-14)15-6-5-7-21(10-15)11-16-12(2)19-20-13(16)3/h8-9,15H,4-7,10-11H2,1-3H3,(H,19,20)/t15-/m1/s1. The molecule has 3 rings (SSSR count). The number of nitrogens with zero attached hydrogens (tertiary/aromatic N) is 4. The van der Waals surface area contributed by atoms with Crippen LogP contribution in [0.1, 0.15) is 53.1 Å². The van der Waals surface area contributed by atoms with Gasteiger partial charge in [-0.05, 0) is 40.2 Å². The van der Waals surface area contributed by atoms with E-state index in [9.17, 15) is 4.79 Å². The summed E-state index contributed by atoms with van der Waals surface area (Å²) in [4.78, 5) is 14.2. The molecule has 0 spiro atoms. The lowest BCUT2D eigenvalue weighted by atomic mass is 10.0. The Kier molecular flexibility index (Phi) is 4.99. The van der Waals surface area contributed by atoms with Gasteiger partial charge in [-0.2, -0.15) is 10.2 Å². The molecule has 7 heteroatoms. The van der Waals surface area contributed by atoms with Gasteiger partial charge < -0.3 is 4.74 Å². The van der Waals surface area contributed by atoms with Crippen molar-refractivity contribution < 1.29 is 9.53 Å². The first kappa shape index (κ1) is 16.7. The quantitative estimate of drug-likeness (QED) is 0.850. The molecular formula is C17H25N5O2. The zero-order chi connectivity index (χ0) is 17.1. The number of aryl methyl sites for hydroxylation is 2. The van der Waals surface area contributed by atoms with E-state index in [4.69, 9.17) is 4.74 Å². The molecule has 0 unspecified atom stereocenters. The maximum atomic E-state index is 11.8.